The van der Waals surface area contributed by atoms with Crippen molar-refractivity contribution in [2.24, 2.45) is 0 Å². The third-order valence-electron chi connectivity index (χ3n) is 6.41. The fourth-order valence-corrected chi connectivity index (χ4v) is 6.02. The number of carbonyl (C=O) groups excluding carboxylic acids is 1. The standard InChI is InChI=1S/C26H34N2O5S/c1-21(29)28-16-9-5-3-2-4-8-15-27(20-22-11-6-7-12-24(22)28)34(30,31)23-13-14-25-26(19-23)33-18-10-17-32-25/h6-7,11-14,19H,2-5,8-10,15-18,20H2,1H3. The number of para-hydroxylation sites is 1. The molecule has 0 saturated heterocycles. The van der Waals surface area contributed by atoms with E-state index in [0.29, 0.717) is 37.8 Å². The van der Waals surface area contributed by atoms with Crippen LogP contribution in [0.3, 0.4) is 0 Å². The Morgan fingerprint density at radius 2 is 1.50 bits per heavy atom. The Labute approximate surface area is 202 Å². The lowest BCUT2D eigenvalue weighted by Gasteiger charge is -2.27. The topological polar surface area (TPSA) is 76.2 Å². The molecule has 2 aromatic carbocycles. The third-order valence-corrected chi connectivity index (χ3v) is 8.25. The molecule has 184 valence electrons. The highest BCUT2D eigenvalue weighted by Crippen LogP contribution is 2.34. The van der Waals surface area contributed by atoms with Crippen molar-refractivity contribution in [1.82, 2.24) is 4.31 Å². The van der Waals surface area contributed by atoms with Crippen LogP contribution >= 0.6 is 0 Å². The zero-order chi connectivity index (χ0) is 24.0. The summed E-state index contributed by atoms with van der Waals surface area (Å²) in [4.78, 5) is 14.5. The number of ether oxygens (including phenoxy) is 2. The van der Waals surface area contributed by atoms with Gasteiger partial charge in [-0.05, 0) is 36.6 Å². The number of amides is 1. The van der Waals surface area contributed by atoms with E-state index in [1.54, 1.807) is 34.3 Å². The SMILES string of the molecule is CC(=O)N1CCCCCCCCN(S(=O)(=O)c2ccc3c(c2)OCCCO3)Cc2ccccc21. The van der Waals surface area contributed by atoms with Crippen LogP contribution < -0.4 is 14.4 Å². The molecule has 0 unspecified atom stereocenters. The minimum absolute atomic E-state index is 0.0281. The van der Waals surface area contributed by atoms with Crippen LogP contribution in [0.25, 0.3) is 0 Å². The number of hydrogen-bond donors (Lipinski definition) is 0. The Morgan fingerprint density at radius 3 is 2.26 bits per heavy atom. The lowest BCUT2D eigenvalue weighted by molar-refractivity contribution is -0.116. The van der Waals surface area contributed by atoms with Crippen LogP contribution in [0.5, 0.6) is 11.5 Å². The summed E-state index contributed by atoms with van der Waals surface area (Å²) >= 11 is 0. The molecule has 0 spiro atoms. The number of hydrogen-bond acceptors (Lipinski definition) is 5. The Balaban J connectivity index is 1.70. The summed E-state index contributed by atoms with van der Waals surface area (Å²) < 4.78 is 40.6. The van der Waals surface area contributed by atoms with Gasteiger partial charge in [0.1, 0.15) is 0 Å². The summed E-state index contributed by atoms with van der Waals surface area (Å²) in [6.45, 7) is 3.88. The molecular weight excluding hydrogens is 452 g/mol. The van der Waals surface area contributed by atoms with E-state index >= 15 is 0 Å². The van der Waals surface area contributed by atoms with E-state index in [1.807, 2.05) is 24.3 Å². The first-order valence-electron chi connectivity index (χ1n) is 12.2. The highest BCUT2D eigenvalue weighted by atomic mass is 32.2. The Hall–Kier alpha value is -2.58. The lowest BCUT2D eigenvalue weighted by atomic mass is 10.1. The minimum Gasteiger partial charge on any atom is -0.490 e. The van der Waals surface area contributed by atoms with Gasteiger partial charge in [0.25, 0.3) is 0 Å². The molecule has 2 aliphatic heterocycles. The molecule has 0 bridgehead atoms. The summed E-state index contributed by atoms with van der Waals surface area (Å²) in [5.74, 6) is 1.01. The van der Waals surface area contributed by atoms with E-state index in [0.717, 1.165) is 56.2 Å². The van der Waals surface area contributed by atoms with Gasteiger partial charge in [-0.3, -0.25) is 4.79 Å². The summed E-state index contributed by atoms with van der Waals surface area (Å²) in [5.41, 5.74) is 1.61. The van der Waals surface area contributed by atoms with Gasteiger partial charge in [0.15, 0.2) is 11.5 Å². The van der Waals surface area contributed by atoms with Crippen molar-refractivity contribution in [3.63, 3.8) is 0 Å². The van der Waals surface area contributed by atoms with E-state index < -0.39 is 10.0 Å². The monoisotopic (exact) mass is 486 g/mol. The number of nitrogens with zero attached hydrogens (tertiary/aromatic N) is 2. The van der Waals surface area contributed by atoms with Gasteiger partial charge < -0.3 is 14.4 Å². The van der Waals surface area contributed by atoms with Crippen molar-refractivity contribution in [2.75, 3.05) is 31.2 Å². The van der Waals surface area contributed by atoms with Gasteiger partial charge in [-0.25, -0.2) is 8.42 Å². The van der Waals surface area contributed by atoms with Crippen LogP contribution in [-0.4, -0.2) is 44.9 Å². The molecule has 0 saturated carbocycles. The van der Waals surface area contributed by atoms with E-state index in [2.05, 4.69) is 0 Å². The van der Waals surface area contributed by atoms with Gasteiger partial charge in [0.2, 0.25) is 15.9 Å². The number of fused-ring (bicyclic) bond motifs is 2. The molecule has 7 nitrogen and oxygen atoms in total. The van der Waals surface area contributed by atoms with Crippen molar-refractivity contribution in [3.05, 3.63) is 48.0 Å². The largest absolute Gasteiger partial charge is 0.490 e. The molecule has 8 heteroatoms. The number of sulfonamides is 1. The maximum atomic E-state index is 13.8. The first-order valence-corrected chi connectivity index (χ1v) is 13.7. The smallest absolute Gasteiger partial charge is 0.243 e. The molecule has 0 radical (unpaired) electrons. The van der Waals surface area contributed by atoms with Crippen LogP contribution in [0.4, 0.5) is 5.69 Å². The zero-order valence-corrected chi connectivity index (χ0v) is 20.7. The van der Waals surface area contributed by atoms with Gasteiger partial charge in [-0.15, -0.1) is 0 Å². The first kappa shape index (κ1) is 24.5. The molecule has 0 aliphatic carbocycles. The second-order valence-electron chi connectivity index (χ2n) is 8.92. The Morgan fingerprint density at radius 1 is 0.824 bits per heavy atom. The molecule has 0 atom stereocenters. The molecule has 1 amide bonds. The Bertz CT molecular complexity index is 1100. The van der Waals surface area contributed by atoms with Crippen molar-refractivity contribution in [2.45, 2.75) is 63.3 Å². The van der Waals surface area contributed by atoms with E-state index in [1.165, 1.54) is 0 Å². The van der Waals surface area contributed by atoms with Crippen molar-refractivity contribution in [1.29, 1.82) is 0 Å². The average molecular weight is 487 g/mol. The highest BCUT2D eigenvalue weighted by Gasteiger charge is 2.28. The van der Waals surface area contributed by atoms with Crippen molar-refractivity contribution < 1.29 is 22.7 Å². The highest BCUT2D eigenvalue weighted by molar-refractivity contribution is 7.89. The summed E-state index contributed by atoms with van der Waals surface area (Å²) in [7, 11) is -3.79. The summed E-state index contributed by atoms with van der Waals surface area (Å²) in [6, 6.07) is 12.5. The molecule has 0 N–H and O–H groups in total. The van der Waals surface area contributed by atoms with Crippen molar-refractivity contribution >= 4 is 21.6 Å². The quantitative estimate of drug-likeness (QED) is 0.613. The normalized spacial score (nSPS) is 18.6. The fourth-order valence-electron chi connectivity index (χ4n) is 4.55. The first-order chi connectivity index (χ1) is 16.5. The molecule has 34 heavy (non-hydrogen) atoms. The van der Waals surface area contributed by atoms with Gasteiger partial charge in [-0.2, -0.15) is 4.31 Å². The number of benzene rings is 2. The number of rotatable bonds is 2. The molecular formula is C26H34N2O5S. The zero-order valence-electron chi connectivity index (χ0n) is 19.9. The molecule has 0 aromatic heterocycles. The van der Waals surface area contributed by atoms with E-state index in [9.17, 15) is 13.2 Å². The van der Waals surface area contributed by atoms with E-state index in [4.69, 9.17) is 9.47 Å². The average Bonchev–Trinajstić information content (AvgIpc) is 3.06. The van der Waals surface area contributed by atoms with Crippen LogP contribution in [-0.2, 0) is 21.4 Å². The van der Waals surface area contributed by atoms with Crippen LogP contribution in [0.1, 0.15) is 57.4 Å². The van der Waals surface area contributed by atoms with Gasteiger partial charge >= 0.3 is 0 Å². The van der Waals surface area contributed by atoms with Gasteiger partial charge in [-0.1, -0.05) is 43.9 Å². The predicted octanol–water partition coefficient (Wildman–Crippen LogP) is 4.75. The van der Waals surface area contributed by atoms with E-state index in [-0.39, 0.29) is 17.3 Å². The Kier molecular flexibility index (Phi) is 8.11. The summed E-state index contributed by atoms with van der Waals surface area (Å²) in [6.07, 6.45) is 6.67. The maximum absolute atomic E-state index is 13.8. The predicted molar refractivity (Wildman–Crippen MR) is 132 cm³/mol. The van der Waals surface area contributed by atoms with Crippen molar-refractivity contribution in [3.8, 4) is 11.5 Å². The fraction of sp³-hybridized carbons (Fsp3) is 0.500. The molecule has 4 rings (SSSR count). The van der Waals surface area contributed by atoms with Crippen LogP contribution in [0.2, 0.25) is 0 Å². The van der Waals surface area contributed by atoms with Crippen LogP contribution in [0.15, 0.2) is 47.4 Å². The van der Waals surface area contributed by atoms with Gasteiger partial charge in [0, 0.05) is 44.7 Å². The molecule has 2 heterocycles. The second kappa shape index (κ2) is 11.2. The molecule has 2 aromatic rings. The number of carbonyl (C=O) groups is 1. The third kappa shape index (κ3) is 5.73. The number of anilines is 1. The van der Waals surface area contributed by atoms with Crippen LogP contribution in [0, 0.1) is 0 Å². The lowest BCUT2D eigenvalue weighted by Crippen LogP contribution is -2.34. The maximum Gasteiger partial charge on any atom is 0.243 e. The van der Waals surface area contributed by atoms with Gasteiger partial charge in [0.05, 0.1) is 18.1 Å². The second-order valence-corrected chi connectivity index (χ2v) is 10.9. The minimum atomic E-state index is -3.79. The molecule has 2 aliphatic rings. The summed E-state index contributed by atoms with van der Waals surface area (Å²) in [5, 5.41) is 0. The molecule has 0 fully saturated rings.